The number of ketones is 1. The van der Waals surface area contributed by atoms with Crippen LogP contribution in [-0.2, 0) is 4.74 Å². The maximum Gasteiger partial charge on any atom is 0.341 e. The number of benzene rings is 2. The lowest BCUT2D eigenvalue weighted by atomic mass is 10.0. The second-order valence-corrected chi connectivity index (χ2v) is 7.09. The van der Waals surface area contributed by atoms with Crippen molar-refractivity contribution in [3.8, 4) is 5.75 Å². The highest BCUT2D eigenvalue weighted by Gasteiger charge is 2.20. The fourth-order valence-electron chi connectivity index (χ4n) is 2.96. The van der Waals surface area contributed by atoms with Crippen LogP contribution in [0.3, 0.4) is 0 Å². The fourth-order valence-corrected chi connectivity index (χ4v) is 2.96. The van der Waals surface area contributed by atoms with Gasteiger partial charge < -0.3 is 15.2 Å². The first-order valence-corrected chi connectivity index (χ1v) is 9.77. The van der Waals surface area contributed by atoms with Crippen molar-refractivity contribution in [2.45, 2.75) is 26.7 Å². The normalized spacial score (nSPS) is 10.7. The van der Waals surface area contributed by atoms with E-state index in [-0.39, 0.29) is 29.0 Å². The molecule has 6 nitrogen and oxygen atoms in total. The van der Waals surface area contributed by atoms with E-state index in [1.165, 1.54) is 30.0 Å². The Bertz CT molecular complexity index is 1060. The van der Waals surface area contributed by atoms with Gasteiger partial charge in [-0.3, -0.25) is 4.79 Å². The van der Waals surface area contributed by atoms with Crippen LogP contribution < -0.4 is 5.32 Å². The van der Waals surface area contributed by atoms with Gasteiger partial charge >= 0.3 is 5.97 Å². The molecule has 0 aliphatic rings. The zero-order valence-electron chi connectivity index (χ0n) is 17.2. The number of hydrogen-bond donors (Lipinski definition) is 2. The number of nitrogens with one attached hydrogen (secondary N) is 1. The predicted molar refractivity (Wildman–Crippen MR) is 116 cm³/mol. The van der Waals surface area contributed by atoms with Crippen LogP contribution in [0.1, 0.15) is 58.5 Å². The molecule has 0 atom stereocenters. The minimum absolute atomic E-state index is 0.132. The number of esters is 1. The maximum atomic E-state index is 12.8. The minimum Gasteiger partial charge on any atom is -0.507 e. The summed E-state index contributed by atoms with van der Waals surface area (Å²) in [5.74, 6) is -0.448. The number of carbonyl (C=O) groups is 2. The van der Waals surface area contributed by atoms with E-state index >= 15 is 0 Å². The molecule has 30 heavy (non-hydrogen) atoms. The fraction of sp³-hybridized carbons (Fsp3) is 0.208. The first-order valence-electron chi connectivity index (χ1n) is 9.77. The van der Waals surface area contributed by atoms with Crippen LogP contribution in [0.5, 0.6) is 5.75 Å². The van der Waals surface area contributed by atoms with Crippen molar-refractivity contribution in [1.29, 1.82) is 0 Å². The van der Waals surface area contributed by atoms with Crippen molar-refractivity contribution in [2.24, 2.45) is 0 Å². The smallest absolute Gasteiger partial charge is 0.341 e. The average molecular weight is 404 g/mol. The number of hydrogen-bond acceptors (Lipinski definition) is 6. The van der Waals surface area contributed by atoms with Gasteiger partial charge in [0.1, 0.15) is 17.1 Å². The molecule has 0 spiro atoms. The van der Waals surface area contributed by atoms with E-state index in [2.05, 4.69) is 24.1 Å². The lowest BCUT2D eigenvalue weighted by Crippen LogP contribution is -2.12. The highest BCUT2D eigenvalue weighted by Crippen LogP contribution is 2.25. The van der Waals surface area contributed by atoms with Crippen LogP contribution in [0.2, 0.25) is 0 Å². The Morgan fingerprint density at radius 1 is 1.07 bits per heavy atom. The van der Waals surface area contributed by atoms with Gasteiger partial charge in [-0.1, -0.05) is 38.1 Å². The van der Waals surface area contributed by atoms with Gasteiger partial charge in [0.2, 0.25) is 0 Å². The molecule has 1 heterocycles. The van der Waals surface area contributed by atoms with Gasteiger partial charge in [0, 0.05) is 17.4 Å². The van der Waals surface area contributed by atoms with E-state index in [0.717, 1.165) is 5.69 Å². The number of rotatable bonds is 7. The van der Waals surface area contributed by atoms with Crippen LogP contribution in [0, 0.1) is 0 Å². The molecule has 6 heteroatoms. The average Bonchev–Trinajstić information content (AvgIpc) is 2.74. The molecule has 0 saturated carbocycles. The molecule has 0 amide bonds. The Labute approximate surface area is 175 Å². The van der Waals surface area contributed by atoms with Gasteiger partial charge in [0.25, 0.3) is 0 Å². The number of phenolic OH excluding ortho intramolecular Hbond substituents is 1. The molecule has 0 unspecified atom stereocenters. The molecule has 2 aromatic carbocycles. The van der Waals surface area contributed by atoms with Crippen LogP contribution >= 0.6 is 0 Å². The molecule has 3 aromatic rings. The number of pyridine rings is 1. The summed E-state index contributed by atoms with van der Waals surface area (Å²) in [7, 11) is 0. The van der Waals surface area contributed by atoms with Gasteiger partial charge in [-0.15, -0.1) is 0 Å². The summed E-state index contributed by atoms with van der Waals surface area (Å²) < 4.78 is 5.14. The van der Waals surface area contributed by atoms with Gasteiger partial charge in [-0.25, -0.2) is 9.78 Å². The summed E-state index contributed by atoms with van der Waals surface area (Å²) in [6.45, 7) is 6.13. The molecule has 1 aromatic heterocycles. The quantitative estimate of drug-likeness (QED) is 0.423. The summed E-state index contributed by atoms with van der Waals surface area (Å²) in [5.41, 5.74) is 2.42. The van der Waals surface area contributed by atoms with Gasteiger partial charge in [-0.2, -0.15) is 0 Å². The summed E-state index contributed by atoms with van der Waals surface area (Å²) in [6, 6.07) is 15.5. The molecule has 0 saturated heterocycles. The van der Waals surface area contributed by atoms with Crippen molar-refractivity contribution in [2.75, 3.05) is 11.9 Å². The van der Waals surface area contributed by atoms with E-state index in [1.807, 2.05) is 24.3 Å². The van der Waals surface area contributed by atoms with E-state index in [1.54, 1.807) is 19.1 Å². The largest absolute Gasteiger partial charge is 0.507 e. The van der Waals surface area contributed by atoms with Crippen molar-refractivity contribution in [3.63, 3.8) is 0 Å². The van der Waals surface area contributed by atoms with Crippen LogP contribution in [0.4, 0.5) is 11.5 Å². The monoisotopic (exact) mass is 404 g/mol. The van der Waals surface area contributed by atoms with Crippen molar-refractivity contribution in [3.05, 3.63) is 83.0 Å². The third-order valence-corrected chi connectivity index (χ3v) is 4.63. The Morgan fingerprint density at radius 3 is 2.40 bits per heavy atom. The van der Waals surface area contributed by atoms with Crippen molar-refractivity contribution in [1.82, 2.24) is 4.98 Å². The Hall–Kier alpha value is -3.67. The molecule has 3 rings (SSSR count). The zero-order chi connectivity index (χ0) is 21.7. The first-order chi connectivity index (χ1) is 14.4. The van der Waals surface area contributed by atoms with Crippen molar-refractivity contribution >= 4 is 23.3 Å². The molecule has 154 valence electrons. The summed E-state index contributed by atoms with van der Waals surface area (Å²) in [4.78, 5) is 29.6. The number of ether oxygens (including phenoxy) is 1. The predicted octanol–water partition coefficient (Wildman–Crippen LogP) is 5.06. The second kappa shape index (κ2) is 9.22. The molecule has 0 fully saturated rings. The Balaban J connectivity index is 1.96. The van der Waals surface area contributed by atoms with E-state index in [0.29, 0.717) is 11.7 Å². The van der Waals surface area contributed by atoms with Crippen LogP contribution in [0.15, 0.2) is 60.8 Å². The SMILES string of the molecule is CCOC(=O)c1cc(C(=O)c2ccccc2O)cnc1Nc1ccc(C(C)C)cc1. The third kappa shape index (κ3) is 4.66. The van der Waals surface area contributed by atoms with E-state index < -0.39 is 11.8 Å². The molecule has 0 aliphatic carbocycles. The van der Waals surface area contributed by atoms with Crippen LogP contribution in [-0.4, -0.2) is 28.4 Å². The summed E-state index contributed by atoms with van der Waals surface area (Å²) in [5, 5.41) is 13.1. The molecule has 0 aliphatic heterocycles. The number of aromatic nitrogens is 1. The van der Waals surface area contributed by atoms with Gasteiger partial charge in [0.15, 0.2) is 5.78 Å². The van der Waals surface area contributed by atoms with Gasteiger partial charge in [-0.05, 0) is 48.7 Å². The highest BCUT2D eigenvalue weighted by molar-refractivity contribution is 6.11. The molecular weight excluding hydrogens is 380 g/mol. The molecular formula is C24H24N2O4. The molecule has 0 radical (unpaired) electrons. The standard InChI is InChI=1S/C24H24N2O4/c1-4-30-24(29)20-13-17(22(28)19-7-5-6-8-21(19)27)14-25-23(20)26-18-11-9-16(10-12-18)15(2)3/h5-15,27H,4H2,1-3H3,(H,25,26). The molecule has 0 bridgehead atoms. The number of para-hydroxylation sites is 1. The first kappa shape index (κ1) is 21.0. The lowest BCUT2D eigenvalue weighted by molar-refractivity contribution is 0.0527. The highest BCUT2D eigenvalue weighted by atomic mass is 16.5. The summed E-state index contributed by atoms with van der Waals surface area (Å²) in [6.07, 6.45) is 1.38. The summed E-state index contributed by atoms with van der Waals surface area (Å²) >= 11 is 0. The van der Waals surface area contributed by atoms with Gasteiger partial charge in [0.05, 0.1) is 12.2 Å². The number of anilines is 2. The van der Waals surface area contributed by atoms with E-state index in [9.17, 15) is 14.7 Å². The van der Waals surface area contributed by atoms with Crippen LogP contribution in [0.25, 0.3) is 0 Å². The zero-order valence-corrected chi connectivity index (χ0v) is 17.2. The number of carbonyl (C=O) groups excluding carboxylic acids is 2. The lowest BCUT2D eigenvalue weighted by Gasteiger charge is -2.13. The minimum atomic E-state index is -0.585. The number of nitrogens with zero attached hydrogens (tertiary/aromatic N) is 1. The van der Waals surface area contributed by atoms with E-state index in [4.69, 9.17) is 4.74 Å². The third-order valence-electron chi connectivity index (χ3n) is 4.63. The number of phenols is 1. The van der Waals surface area contributed by atoms with Crippen molar-refractivity contribution < 1.29 is 19.4 Å². The Kier molecular flexibility index (Phi) is 6.47. The Morgan fingerprint density at radius 2 is 1.77 bits per heavy atom. The maximum absolute atomic E-state index is 12.8. The number of aromatic hydroxyl groups is 1. The molecule has 2 N–H and O–H groups in total. The second-order valence-electron chi connectivity index (χ2n) is 7.09. The topological polar surface area (TPSA) is 88.5 Å².